The molecule has 4 aromatic rings. The van der Waals surface area contributed by atoms with Crippen molar-refractivity contribution in [3.05, 3.63) is 95.8 Å². The van der Waals surface area contributed by atoms with Gasteiger partial charge in [0.1, 0.15) is 11.9 Å². The highest BCUT2D eigenvalue weighted by molar-refractivity contribution is 6.10. The third kappa shape index (κ3) is 4.63. The molecule has 0 aliphatic carbocycles. The van der Waals surface area contributed by atoms with E-state index in [9.17, 15) is 14.4 Å². The number of benzene rings is 3. The van der Waals surface area contributed by atoms with Crippen LogP contribution in [0.3, 0.4) is 0 Å². The van der Waals surface area contributed by atoms with Gasteiger partial charge in [0.15, 0.2) is 0 Å². The first-order valence-corrected chi connectivity index (χ1v) is 11.4. The standard InChI is InChI=1S/C27H25N5O3/c1-32-23-14-8-7-13-20(23)29-25(32)21(15-17-9-3-2-4-10-17)28-24(33)16-22-27(35)30-19-12-6-5-11-18(19)26(34)31-22/h2-14,21-22H,15-16H2,1H3,(H,28,33)(H,30,35)(H,31,34)/t21-,22?/m1/s1. The Kier molecular flexibility index (Phi) is 6.01. The van der Waals surface area contributed by atoms with Crippen molar-refractivity contribution in [3.8, 4) is 0 Å². The molecular formula is C27H25N5O3. The molecule has 1 unspecified atom stereocenters. The van der Waals surface area contributed by atoms with E-state index in [1.165, 1.54) is 0 Å². The van der Waals surface area contributed by atoms with Crippen LogP contribution in [0, 0.1) is 0 Å². The lowest BCUT2D eigenvalue weighted by Gasteiger charge is -2.21. The number of hydrogen-bond donors (Lipinski definition) is 3. The molecular weight excluding hydrogens is 442 g/mol. The van der Waals surface area contributed by atoms with Crippen LogP contribution >= 0.6 is 0 Å². The highest BCUT2D eigenvalue weighted by Crippen LogP contribution is 2.23. The number of nitrogens with one attached hydrogen (secondary N) is 3. The van der Waals surface area contributed by atoms with Crippen molar-refractivity contribution in [1.82, 2.24) is 20.2 Å². The number of anilines is 1. The molecule has 0 bridgehead atoms. The van der Waals surface area contributed by atoms with Crippen LogP contribution in [0.4, 0.5) is 5.69 Å². The molecule has 1 aromatic heterocycles. The van der Waals surface area contributed by atoms with Crippen LogP contribution in [0.25, 0.3) is 11.0 Å². The number of carbonyl (C=O) groups is 3. The van der Waals surface area contributed by atoms with Crippen LogP contribution in [-0.2, 0) is 23.1 Å². The second kappa shape index (κ2) is 9.42. The lowest BCUT2D eigenvalue weighted by atomic mass is 10.0. The fraction of sp³-hybridized carbons (Fsp3) is 0.185. The van der Waals surface area contributed by atoms with Crippen LogP contribution in [0.2, 0.25) is 0 Å². The van der Waals surface area contributed by atoms with E-state index >= 15 is 0 Å². The number of fused-ring (bicyclic) bond motifs is 2. The maximum atomic E-state index is 13.2. The van der Waals surface area contributed by atoms with Crippen molar-refractivity contribution in [2.45, 2.75) is 24.9 Å². The minimum atomic E-state index is -0.993. The van der Waals surface area contributed by atoms with Gasteiger partial charge in [-0.1, -0.05) is 54.6 Å². The number of hydrogen-bond acceptors (Lipinski definition) is 4. The highest BCUT2D eigenvalue weighted by atomic mass is 16.2. The molecule has 2 heterocycles. The van der Waals surface area contributed by atoms with Crippen LogP contribution in [-0.4, -0.2) is 33.3 Å². The van der Waals surface area contributed by atoms with Crippen molar-refractivity contribution in [2.24, 2.45) is 7.05 Å². The number of nitrogens with zero attached hydrogens (tertiary/aromatic N) is 2. The Morgan fingerprint density at radius 2 is 1.71 bits per heavy atom. The summed E-state index contributed by atoms with van der Waals surface area (Å²) in [7, 11) is 1.92. The van der Waals surface area contributed by atoms with Gasteiger partial charge in [-0.2, -0.15) is 0 Å². The number of imidazole rings is 1. The first kappa shape index (κ1) is 22.3. The smallest absolute Gasteiger partial charge is 0.254 e. The van der Waals surface area contributed by atoms with Gasteiger partial charge in [0.25, 0.3) is 5.91 Å². The molecule has 3 amide bonds. The van der Waals surface area contributed by atoms with Crippen LogP contribution in [0.15, 0.2) is 78.9 Å². The van der Waals surface area contributed by atoms with E-state index in [0.717, 1.165) is 16.6 Å². The zero-order valence-corrected chi connectivity index (χ0v) is 19.2. The number of rotatable bonds is 6. The zero-order valence-electron chi connectivity index (χ0n) is 19.2. The summed E-state index contributed by atoms with van der Waals surface area (Å²) in [5.74, 6) is -0.469. The monoisotopic (exact) mass is 467 g/mol. The molecule has 0 spiro atoms. The summed E-state index contributed by atoms with van der Waals surface area (Å²) in [6.45, 7) is 0. The van der Waals surface area contributed by atoms with Crippen LogP contribution in [0.5, 0.6) is 0 Å². The predicted molar refractivity (Wildman–Crippen MR) is 133 cm³/mol. The Balaban J connectivity index is 1.38. The Bertz CT molecular complexity index is 1410. The molecule has 0 radical (unpaired) electrons. The molecule has 1 aliphatic rings. The topological polar surface area (TPSA) is 105 Å². The summed E-state index contributed by atoms with van der Waals surface area (Å²) in [6.07, 6.45) is 0.333. The van der Waals surface area contributed by atoms with E-state index in [4.69, 9.17) is 4.98 Å². The molecule has 0 fully saturated rings. The number of carbonyl (C=O) groups excluding carboxylic acids is 3. The Morgan fingerprint density at radius 1 is 1.00 bits per heavy atom. The van der Waals surface area contributed by atoms with E-state index < -0.39 is 23.9 Å². The molecule has 8 heteroatoms. The van der Waals surface area contributed by atoms with Crippen LogP contribution < -0.4 is 16.0 Å². The van der Waals surface area contributed by atoms with Crippen molar-refractivity contribution < 1.29 is 14.4 Å². The van der Waals surface area contributed by atoms with Gasteiger partial charge in [-0.05, 0) is 36.2 Å². The fourth-order valence-corrected chi connectivity index (χ4v) is 4.43. The predicted octanol–water partition coefficient (Wildman–Crippen LogP) is 3.11. The molecule has 176 valence electrons. The Morgan fingerprint density at radius 3 is 2.51 bits per heavy atom. The van der Waals surface area contributed by atoms with Gasteiger partial charge < -0.3 is 20.5 Å². The molecule has 5 rings (SSSR count). The fourth-order valence-electron chi connectivity index (χ4n) is 4.43. The zero-order chi connectivity index (χ0) is 24.4. The largest absolute Gasteiger partial charge is 0.346 e. The van der Waals surface area contributed by atoms with Gasteiger partial charge in [-0.15, -0.1) is 0 Å². The number of para-hydroxylation sites is 3. The Hall–Kier alpha value is -4.46. The summed E-state index contributed by atoms with van der Waals surface area (Å²) in [6, 6.07) is 23.0. The Labute approximate surface area is 202 Å². The number of aryl methyl sites for hydroxylation is 1. The second-order valence-electron chi connectivity index (χ2n) is 8.59. The summed E-state index contributed by atoms with van der Waals surface area (Å²) in [5, 5.41) is 8.47. The third-order valence-corrected chi connectivity index (χ3v) is 6.19. The van der Waals surface area contributed by atoms with Gasteiger partial charge in [0.05, 0.1) is 34.7 Å². The minimum Gasteiger partial charge on any atom is -0.346 e. The molecule has 35 heavy (non-hydrogen) atoms. The quantitative estimate of drug-likeness (QED) is 0.405. The SMILES string of the molecule is Cn1c([C@@H](Cc2ccccc2)NC(=O)CC2NC(=O)c3ccccc3NC2=O)nc2ccccc21. The van der Waals surface area contributed by atoms with E-state index in [1.54, 1.807) is 24.3 Å². The molecule has 3 N–H and O–H groups in total. The molecule has 0 saturated carbocycles. The molecule has 0 saturated heterocycles. The van der Waals surface area contributed by atoms with Crippen molar-refractivity contribution in [2.75, 3.05) is 5.32 Å². The molecule has 2 atom stereocenters. The average Bonchev–Trinajstić information content (AvgIpc) is 3.14. The van der Waals surface area contributed by atoms with Crippen LogP contribution in [0.1, 0.15) is 34.2 Å². The lowest BCUT2D eigenvalue weighted by Crippen LogP contribution is -2.45. The average molecular weight is 468 g/mol. The van der Waals surface area contributed by atoms with Gasteiger partial charge in [0.2, 0.25) is 11.8 Å². The maximum absolute atomic E-state index is 13.2. The lowest BCUT2D eigenvalue weighted by molar-refractivity contribution is -0.126. The molecule has 3 aromatic carbocycles. The maximum Gasteiger partial charge on any atom is 0.254 e. The van der Waals surface area contributed by atoms with E-state index in [2.05, 4.69) is 16.0 Å². The summed E-state index contributed by atoms with van der Waals surface area (Å²) in [5.41, 5.74) is 3.64. The van der Waals surface area contributed by atoms with Gasteiger partial charge in [0, 0.05) is 7.05 Å². The minimum absolute atomic E-state index is 0.194. The number of aromatic nitrogens is 2. The van der Waals surface area contributed by atoms with Gasteiger partial charge in [-0.3, -0.25) is 14.4 Å². The first-order chi connectivity index (χ1) is 17.0. The molecule has 8 nitrogen and oxygen atoms in total. The van der Waals surface area contributed by atoms with Crippen molar-refractivity contribution >= 4 is 34.4 Å². The van der Waals surface area contributed by atoms with Crippen molar-refractivity contribution in [3.63, 3.8) is 0 Å². The second-order valence-corrected chi connectivity index (χ2v) is 8.59. The first-order valence-electron chi connectivity index (χ1n) is 11.4. The van der Waals surface area contributed by atoms with E-state index in [-0.39, 0.29) is 12.3 Å². The molecule has 1 aliphatic heterocycles. The third-order valence-electron chi connectivity index (χ3n) is 6.19. The normalized spacial score (nSPS) is 16.1. The number of amides is 3. The summed E-state index contributed by atoms with van der Waals surface area (Å²) >= 11 is 0. The van der Waals surface area contributed by atoms with E-state index in [1.807, 2.05) is 66.2 Å². The summed E-state index contributed by atoms with van der Waals surface area (Å²) < 4.78 is 1.97. The highest BCUT2D eigenvalue weighted by Gasteiger charge is 2.30. The van der Waals surface area contributed by atoms with Gasteiger partial charge >= 0.3 is 0 Å². The summed E-state index contributed by atoms with van der Waals surface area (Å²) in [4.78, 5) is 43.3. The van der Waals surface area contributed by atoms with Crippen molar-refractivity contribution in [1.29, 1.82) is 0 Å². The van der Waals surface area contributed by atoms with E-state index in [0.29, 0.717) is 23.5 Å². The van der Waals surface area contributed by atoms with Gasteiger partial charge in [-0.25, -0.2) is 4.98 Å².